The van der Waals surface area contributed by atoms with Crippen molar-refractivity contribution in [3.63, 3.8) is 0 Å². The van der Waals surface area contributed by atoms with Crippen LogP contribution in [0.2, 0.25) is 0 Å². The first-order valence-electron chi connectivity index (χ1n) is 3.44. The van der Waals surface area contributed by atoms with Crippen LogP contribution in [0.3, 0.4) is 0 Å². The summed E-state index contributed by atoms with van der Waals surface area (Å²) in [6.07, 6.45) is -0.179. The summed E-state index contributed by atoms with van der Waals surface area (Å²) in [7, 11) is 0. The highest BCUT2D eigenvalue weighted by Gasteiger charge is 2.22. The lowest BCUT2D eigenvalue weighted by Gasteiger charge is -2.06. The van der Waals surface area contributed by atoms with Crippen molar-refractivity contribution >= 4 is 43.2 Å². The molecule has 1 fully saturated rings. The SMILES string of the molecule is Brc1scc(C2OCCO2)c1Br. The van der Waals surface area contributed by atoms with Gasteiger partial charge in [0.1, 0.15) is 0 Å². The van der Waals surface area contributed by atoms with Gasteiger partial charge in [-0.1, -0.05) is 0 Å². The molecule has 12 heavy (non-hydrogen) atoms. The van der Waals surface area contributed by atoms with E-state index in [-0.39, 0.29) is 6.29 Å². The van der Waals surface area contributed by atoms with Crippen molar-refractivity contribution in [3.8, 4) is 0 Å². The van der Waals surface area contributed by atoms with E-state index >= 15 is 0 Å². The molecule has 0 saturated carbocycles. The van der Waals surface area contributed by atoms with Crippen LogP contribution in [0.15, 0.2) is 13.6 Å². The Morgan fingerprint density at radius 2 is 2.00 bits per heavy atom. The molecule has 1 saturated heterocycles. The highest BCUT2D eigenvalue weighted by atomic mass is 79.9. The van der Waals surface area contributed by atoms with Gasteiger partial charge < -0.3 is 9.47 Å². The Kier molecular flexibility index (Phi) is 2.86. The molecule has 0 spiro atoms. The Balaban J connectivity index is 2.26. The Morgan fingerprint density at radius 1 is 1.33 bits per heavy atom. The van der Waals surface area contributed by atoms with E-state index in [0.29, 0.717) is 13.2 Å². The summed E-state index contributed by atoms with van der Waals surface area (Å²) in [6.45, 7) is 1.37. The molecule has 1 aromatic rings. The molecule has 0 aromatic carbocycles. The smallest absolute Gasteiger partial charge is 0.185 e. The highest BCUT2D eigenvalue weighted by molar-refractivity contribution is 9.13. The maximum absolute atomic E-state index is 5.37. The van der Waals surface area contributed by atoms with E-state index in [0.717, 1.165) is 13.8 Å². The first-order valence-corrected chi connectivity index (χ1v) is 5.91. The topological polar surface area (TPSA) is 18.5 Å². The number of rotatable bonds is 1. The summed E-state index contributed by atoms with van der Waals surface area (Å²) in [5.74, 6) is 0. The van der Waals surface area contributed by atoms with Crippen LogP contribution in [0.25, 0.3) is 0 Å². The van der Waals surface area contributed by atoms with Gasteiger partial charge >= 0.3 is 0 Å². The molecule has 2 nitrogen and oxygen atoms in total. The Morgan fingerprint density at radius 3 is 2.50 bits per heavy atom. The average Bonchev–Trinajstić information content (AvgIpc) is 2.64. The van der Waals surface area contributed by atoms with Crippen molar-refractivity contribution < 1.29 is 9.47 Å². The van der Waals surface area contributed by atoms with Crippen LogP contribution in [0.1, 0.15) is 11.9 Å². The van der Waals surface area contributed by atoms with Crippen molar-refractivity contribution in [1.82, 2.24) is 0 Å². The molecule has 0 radical (unpaired) electrons. The van der Waals surface area contributed by atoms with Gasteiger partial charge in [-0.2, -0.15) is 0 Å². The lowest BCUT2D eigenvalue weighted by atomic mass is 10.3. The minimum Gasteiger partial charge on any atom is -0.346 e. The monoisotopic (exact) mass is 312 g/mol. The second-order valence-electron chi connectivity index (χ2n) is 2.35. The third-order valence-corrected chi connectivity index (χ3v) is 4.98. The standard InChI is InChI=1S/C7H6Br2O2S/c8-5-4(3-12-6(5)9)7-10-1-2-11-7/h3,7H,1-2H2. The molecule has 0 unspecified atom stereocenters. The molecule has 1 aromatic heterocycles. The van der Waals surface area contributed by atoms with Gasteiger partial charge in [0.15, 0.2) is 6.29 Å². The molecule has 0 aliphatic carbocycles. The molecule has 5 heteroatoms. The molecular weight excluding hydrogens is 308 g/mol. The maximum Gasteiger partial charge on any atom is 0.185 e. The Labute approximate surface area is 91.1 Å². The quantitative estimate of drug-likeness (QED) is 0.792. The maximum atomic E-state index is 5.37. The van der Waals surface area contributed by atoms with Gasteiger partial charge in [0.2, 0.25) is 0 Å². The van der Waals surface area contributed by atoms with E-state index < -0.39 is 0 Å². The fourth-order valence-corrected chi connectivity index (χ4v) is 2.95. The largest absolute Gasteiger partial charge is 0.346 e. The van der Waals surface area contributed by atoms with Crippen LogP contribution >= 0.6 is 43.2 Å². The van der Waals surface area contributed by atoms with Gasteiger partial charge in [-0.25, -0.2) is 0 Å². The minimum atomic E-state index is -0.179. The molecule has 2 rings (SSSR count). The van der Waals surface area contributed by atoms with E-state index in [9.17, 15) is 0 Å². The van der Waals surface area contributed by atoms with Gasteiger partial charge in [-0.15, -0.1) is 11.3 Å². The van der Waals surface area contributed by atoms with Gasteiger partial charge in [0.05, 0.1) is 21.5 Å². The molecule has 1 aliphatic rings. The Hall–Kier alpha value is 0.580. The van der Waals surface area contributed by atoms with Crippen molar-refractivity contribution in [2.75, 3.05) is 13.2 Å². The fraction of sp³-hybridized carbons (Fsp3) is 0.429. The molecule has 0 N–H and O–H groups in total. The number of halogens is 2. The van der Waals surface area contributed by atoms with E-state index in [1.807, 2.05) is 5.38 Å². The third-order valence-electron chi connectivity index (χ3n) is 1.59. The zero-order valence-electron chi connectivity index (χ0n) is 6.05. The van der Waals surface area contributed by atoms with Crippen LogP contribution in [-0.4, -0.2) is 13.2 Å². The van der Waals surface area contributed by atoms with Crippen LogP contribution < -0.4 is 0 Å². The van der Waals surface area contributed by atoms with Crippen molar-refractivity contribution in [3.05, 3.63) is 19.2 Å². The van der Waals surface area contributed by atoms with E-state index in [4.69, 9.17) is 9.47 Å². The lowest BCUT2D eigenvalue weighted by Crippen LogP contribution is -1.96. The number of thiophene rings is 1. The van der Waals surface area contributed by atoms with E-state index in [2.05, 4.69) is 31.9 Å². The van der Waals surface area contributed by atoms with Crippen LogP contribution in [0.5, 0.6) is 0 Å². The predicted octanol–water partition coefficient (Wildman–Crippen LogP) is 3.32. The van der Waals surface area contributed by atoms with Crippen LogP contribution in [0.4, 0.5) is 0 Å². The highest BCUT2D eigenvalue weighted by Crippen LogP contribution is 2.39. The normalized spacial score (nSPS) is 18.8. The summed E-state index contributed by atoms with van der Waals surface area (Å²) in [6, 6.07) is 0. The lowest BCUT2D eigenvalue weighted by molar-refractivity contribution is -0.0443. The van der Waals surface area contributed by atoms with Gasteiger partial charge in [-0.3, -0.25) is 0 Å². The Bertz CT molecular complexity index is 281. The minimum absolute atomic E-state index is 0.179. The van der Waals surface area contributed by atoms with Crippen LogP contribution in [-0.2, 0) is 9.47 Å². The van der Waals surface area contributed by atoms with Crippen molar-refractivity contribution in [2.45, 2.75) is 6.29 Å². The van der Waals surface area contributed by atoms with Crippen LogP contribution in [0, 0.1) is 0 Å². The molecule has 0 bridgehead atoms. The molecular formula is C7H6Br2O2S. The summed E-state index contributed by atoms with van der Waals surface area (Å²) in [4.78, 5) is 0. The third kappa shape index (κ3) is 1.61. The first kappa shape index (κ1) is 9.15. The summed E-state index contributed by atoms with van der Waals surface area (Å²) >= 11 is 8.52. The number of ether oxygens (including phenoxy) is 2. The average molecular weight is 314 g/mol. The zero-order chi connectivity index (χ0) is 8.55. The zero-order valence-corrected chi connectivity index (χ0v) is 10.0. The van der Waals surface area contributed by atoms with Gasteiger partial charge in [0.25, 0.3) is 0 Å². The predicted molar refractivity (Wildman–Crippen MR) is 54.4 cm³/mol. The summed E-state index contributed by atoms with van der Waals surface area (Å²) in [5.41, 5.74) is 1.07. The number of hydrogen-bond donors (Lipinski definition) is 0. The van der Waals surface area contributed by atoms with Crippen molar-refractivity contribution in [2.24, 2.45) is 0 Å². The second-order valence-corrected chi connectivity index (χ2v) is 5.34. The fourth-order valence-electron chi connectivity index (χ4n) is 1.03. The first-order chi connectivity index (χ1) is 5.79. The van der Waals surface area contributed by atoms with Crippen molar-refractivity contribution in [1.29, 1.82) is 0 Å². The van der Waals surface area contributed by atoms with Gasteiger partial charge in [0, 0.05) is 10.9 Å². The summed E-state index contributed by atoms with van der Waals surface area (Å²) in [5, 5.41) is 2.03. The second kappa shape index (κ2) is 3.75. The van der Waals surface area contributed by atoms with Gasteiger partial charge in [-0.05, 0) is 31.9 Å². The molecule has 1 aliphatic heterocycles. The number of hydrogen-bond acceptors (Lipinski definition) is 3. The molecule has 0 amide bonds. The van der Waals surface area contributed by atoms with E-state index in [1.165, 1.54) is 0 Å². The van der Waals surface area contributed by atoms with E-state index in [1.54, 1.807) is 11.3 Å². The molecule has 66 valence electrons. The molecule has 0 atom stereocenters. The summed E-state index contributed by atoms with van der Waals surface area (Å²) < 4.78 is 12.9. The molecule has 2 heterocycles.